The average molecular weight is 409 g/mol. The van der Waals surface area contributed by atoms with Crippen LogP contribution in [0.3, 0.4) is 0 Å². The smallest absolute Gasteiger partial charge is 0.335 e. The SMILES string of the molecule is C/C=C(\Nc1ccc(OC)cc1OC)[C@H]1C(=O)NC(=O)N(c2ccc(C)cc2)C1=O. The lowest BCUT2D eigenvalue weighted by Gasteiger charge is -2.31. The van der Waals surface area contributed by atoms with E-state index in [9.17, 15) is 14.4 Å². The maximum atomic E-state index is 13.2. The first kappa shape index (κ1) is 20.9. The van der Waals surface area contributed by atoms with Crippen LogP contribution in [0.2, 0.25) is 0 Å². The van der Waals surface area contributed by atoms with Crippen LogP contribution in [0.5, 0.6) is 11.5 Å². The number of hydrogen-bond donors (Lipinski definition) is 2. The summed E-state index contributed by atoms with van der Waals surface area (Å²) in [7, 11) is 3.05. The van der Waals surface area contributed by atoms with E-state index in [0.29, 0.717) is 28.6 Å². The first-order chi connectivity index (χ1) is 14.4. The number of aryl methyl sites for hydroxylation is 1. The van der Waals surface area contributed by atoms with Crippen LogP contribution >= 0.6 is 0 Å². The van der Waals surface area contributed by atoms with Crippen molar-refractivity contribution in [3.8, 4) is 11.5 Å². The molecule has 2 N–H and O–H groups in total. The second-order valence-corrected chi connectivity index (χ2v) is 6.67. The van der Waals surface area contributed by atoms with Crippen molar-refractivity contribution in [3.05, 3.63) is 59.8 Å². The molecule has 1 aliphatic rings. The number of hydrogen-bond acceptors (Lipinski definition) is 6. The summed E-state index contributed by atoms with van der Waals surface area (Å²) in [6.45, 7) is 3.60. The Morgan fingerprint density at radius 3 is 2.37 bits per heavy atom. The molecule has 1 heterocycles. The number of anilines is 2. The minimum atomic E-state index is -1.22. The minimum Gasteiger partial charge on any atom is -0.497 e. The highest BCUT2D eigenvalue weighted by Crippen LogP contribution is 2.32. The molecule has 0 aliphatic carbocycles. The number of benzene rings is 2. The maximum absolute atomic E-state index is 13.2. The van der Waals surface area contributed by atoms with E-state index < -0.39 is 23.8 Å². The number of urea groups is 1. The highest BCUT2D eigenvalue weighted by Gasteiger charge is 2.43. The van der Waals surface area contributed by atoms with Crippen LogP contribution in [0.25, 0.3) is 0 Å². The lowest BCUT2D eigenvalue weighted by Crippen LogP contribution is -2.59. The zero-order valence-electron chi connectivity index (χ0n) is 17.2. The third-order valence-electron chi connectivity index (χ3n) is 4.76. The Bertz CT molecular complexity index is 1010. The number of carbonyl (C=O) groups is 3. The van der Waals surface area contributed by atoms with Gasteiger partial charge in [-0.25, -0.2) is 9.69 Å². The number of allylic oxidation sites excluding steroid dienone is 1. The van der Waals surface area contributed by atoms with Gasteiger partial charge in [-0.1, -0.05) is 23.8 Å². The van der Waals surface area contributed by atoms with E-state index in [-0.39, 0.29) is 0 Å². The number of barbiturate groups is 1. The summed E-state index contributed by atoms with van der Waals surface area (Å²) in [6, 6.07) is 11.3. The van der Waals surface area contributed by atoms with Crippen molar-refractivity contribution in [2.75, 3.05) is 24.4 Å². The topological polar surface area (TPSA) is 97.0 Å². The van der Waals surface area contributed by atoms with Gasteiger partial charge in [0, 0.05) is 11.8 Å². The van der Waals surface area contributed by atoms with Gasteiger partial charge in [0.1, 0.15) is 11.5 Å². The van der Waals surface area contributed by atoms with Crippen molar-refractivity contribution < 1.29 is 23.9 Å². The van der Waals surface area contributed by atoms with E-state index in [1.807, 2.05) is 6.92 Å². The second-order valence-electron chi connectivity index (χ2n) is 6.67. The highest BCUT2D eigenvalue weighted by molar-refractivity contribution is 6.29. The highest BCUT2D eigenvalue weighted by atomic mass is 16.5. The molecule has 1 aliphatic heterocycles. The number of imide groups is 2. The average Bonchev–Trinajstić information content (AvgIpc) is 2.74. The first-order valence-electron chi connectivity index (χ1n) is 9.30. The largest absolute Gasteiger partial charge is 0.497 e. The van der Waals surface area contributed by atoms with Gasteiger partial charge in [-0.2, -0.15) is 0 Å². The standard InChI is InChI=1S/C22H23N3O5/c1-5-16(23-17-11-10-15(29-3)12-18(17)30-4)19-20(26)24-22(28)25(21(19)27)14-8-6-13(2)7-9-14/h5-12,19,23H,1-4H3,(H,24,26,28)/b16-5-/t19-/m0/s1. The van der Waals surface area contributed by atoms with Gasteiger partial charge in [-0.3, -0.25) is 14.9 Å². The number of methoxy groups -OCH3 is 2. The van der Waals surface area contributed by atoms with Crippen molar-refractivity contribution in [2.24, 2.45) is 5.92 Å². The van der Waals surface area contributed by atoms with Gasteiger partial charge < -0.3 is 14.8 Å². The molecule has 1 atom stereocenters. The van der Waals surface area contributed by atoms with Gasteiger partial charge >= 0.3 is 6.03 Å². The molecule has 0 radical (unpaired) electrons. The van der Waals surface area contributed by atoms with Gasteiger partial charge in [0.15, 0.2) is 5.92 Å². The number of nitrogens with zero attached hydrogens (tertiary/aromatic N) is 1. The molecule has 3 rings (SSSR count). The van der Waals surface area contributed by atoms with E-state index in [4.69, 9.17) is 9.47 Å². The molecule has 0 aromatic heterocycles. The number of nitrogens with one attached hydrogen (secondary N) is 2. The zero-order valence-corrected chi connectivity index (χ0v) is 17.2. The molecule has 1 saturated heterocycles. The first-order valence-corrected chi connectivity index (χ1v) is 9.30. The minimum absolute atomic E-state index is 0.325. The van der Waals surface area contributed by atoms with Crippen molar-refractivity contribution in [2.45, 2.75) is 13.8 Å². The van der Waals surface area contributed by atoms with Crippen LogP contribution in [-0.2, 0) is 9.59 Å². The van der Waals surface area contributed by atoms with Gasteiger partial charge in [0.2, 0.25) is 5.91 Å². The summed E-state index contributed by atoms with van der Waals surface area (Å²) in [5.41, 5.74) is 2.24. The predicted molar refractivity (Wildman–Crippen MR) is 113 cm³/mol. The summed E-state index contributed by atoms with van der Waals surface area (Å²) in [5.74, 6) is -1.48. The molecule has 2 aromatic carbocycles. The Balaban J connectivity index is 1.93. The molecule has 0 unspecified atom stereocenters. The van der Waals surface area contributed by atoms with Gasteiger partial charge in [0.25, 0.3) is 5.91 Å². The molecule has 0 spiro atoms. The van der Waals surface area contributed by atoms with Crippen LogP contribution in [0, 0.1) is 12.8 Å². The monoisotopic (exact) mass is 409 g/mol. The van der Waals surface area contributed by atoms with E-state index in [1.165, 1.54) is 7.11 Å². The molecular weight excluding hydrogens is 386 g/mol. The van der Waals surface area contributed by atoms with E-state index in [1.54, 1.807) is 62.6 Å². The summed E-state index contributed by atoms with van der Waals surface area (Å²) in [5, 5.41) is 5.35. The van der Waals surface area contributed by atoms with Gasteiger partial charge in [0.05, 0.1) is 25.6 Å². The fraction of sp³-hybridized carbons (Fsp3) is 0.227. The lowest BCUT2D eigenvalue weighted by atomic mass is 9.99. The van der Waals surface area contributed by atoms with E-state index >= 15 is 0 Å². The van der Waals surface area contributed by atoms with Crippen LogP contribution in [0.4, 0.5) is 16.2 Å². The Morgan fingerprint density at radius 2 is 1.77 bits per heavy atom. The quantitative estimate of drug-likeness (QED) is 0.711. The van der Waals surface area contributed by atoms with E-state index in [2.05, 4.69) is 10.6 Å². The van der Waals surface area contributed by atoms with Crippen molar-refractivity contribution in [1.29, 1.82) is 0 Å². The van der Waals surface area contributed by atoms with Crippen molar-refractivity contribution in [3.63, 3.8) is 0 Å². The summed E-state index contributed by atoms with van der Waals surface area (Å²) >= 11 is 0. The molecule has 8 nitrogen and oxygen atoms in total. The number of amides is 4. The Morgan fingerprint density at radius 1 is 1.07 bits per heavy atom. The number of ether oxygens (including phenoxy) is 2. The summed E-state index contributed by atoms with van der Waals surface area (Å²) in [4.78, 5) is 39.1. The Hall–Kier alpha value is -3.81. The molecule has 8 heteroatoms. The van der Waals surface area contributed by atoms with Crippen LogP contribution in [0.1, 0.15) is 12.5 Å². The third kappa shape index (κ3) is 3.98. The Kier molecular flexibility index (Phi) is 6.06. The fourth-order valence-corrected chi connectivity index (χ4v) is 3.16. The van der Waals surface area contributed by atoms with Crippen LogP contribution in [-0.4, -0.2) is 32.1 Å². The Labute approximate surface area is 174 Å². The third-order valence-corrected chi connectivity index (χ3v) is 4.76. The van der Waals surface area contributed by atoms with Gasteiger partial charge in [-0.15, -0.1) is 0 Å². The normalized spacial score (nSPS) is 16.9. The number of rotatable bonds is 6. The summed E-state index contributed by atoms with van der Waals surface area (Å²) < 4.78 is 10.6. The molecule has 0 bridgehead atoms. The number of carbonyl (C=O) groups excluding carboxylic acids is 3. The summed E-state index contributed by atoms with van der Waals surface area (Å²) in [6.07, 6.45) is 1.62. The molecule has 4 amide bonds. The molecule has 30 heavy (non-hydrogen) atoms. The van der Waals surface area contributed by atoms with E-state index in [0.717, 1.165) is 10.5 Å². The molecular formula is C22H23N3O5. The van der Waals surface area contributed by atoms with Gasteiger partial charge in [-0.05, 0) is 38.1 Å². The molecule has 1 fully saturated rings. The molecule has 2 aromatic rings. The molecule has 156 valence electrons. The van der Waals surface area contributed by atoms with Crippen LogP contribution in [0.15, 0.2) is 54.2 Å². The lowest BCUT2D eigenvalue weighted by molar-refractivity contribution is -0.132. The zero-order chi connectivity index (χ0) is 21.8. The maximum Gasteiger partial charge on any atom is 0.335 e. The van der Waals surface area contributed by atoms with Crippen LogP contribution < -0.4 is 25.0 Å². The fourth-order valence-electron chi connectivity index (χ4n) is 3.16. The second kappa shape index (κ2) is 8.69. The van der Waals surface area contributed by atoms with Crippen molar-refractivity contribution >= 4 is 29.2 Å². The predicted octanol–water partition coefficient (Wildman–Crippen LogP) is 3.23. The molecule has 0 saturated carbocycles. The van der Waals surface area contributed by atoms with Crippen molar-refractivity contribution in [1.82, 2.24) is 5.32 Å².